The zero-order valence-electron chi connectivity index (χ0n) is 9.96. The molecule has 0 spiro atoms. The van der Waals surface area contributed by atoms with Gasteiger partial charge in [-0.1, -0.05) is 6.07 Å². The van der Waals surface area contributed by atoms with Gasteiger partial charge in [-0.2, -0.15) is 0 Å². The van der Waals surface area contributed by atoms with E-state index in [1.54, 1.807) is 0 Å². The third-order valence-electron chi connectivity index (χ3n) is 2.70. The smallest absolute Gasteiger partial charge is 0.296 e. The van der Waals surface area contributed by atoms with Crippen LogP contribution >= 0.6 is 0 Å². The van der Waals surface area contributed by atoms with Crippen molar-refractivity contribution in [3.63, 3.8) is 0 Å². The van der Waals surface area contributed by atoms with Crippen molar-refractivity contribution in [3.8, 4) is 5.75 Å². The lowest BCUT2D eigenvalue weighted by Crippen LogP contribution is -2.48. The van der Waals surface area contributed by atoms with Crippen LogP contribution in [0.5, 0.6) is 5.75 Å². The van der Waals surface area contributed by atoms with Gasteiger partial charge in [-0.05, 0) is 6.07 Å². The molecule has 1 atom stereocenters. The van der Waals surface area contributed by atoms with Gasteiger partial charge in [0.25, 0.3) is 5.69 Å². The second-order valence-corrected chi connectivity index (χ2v) is 4.00. The minimum Gasteiger partial charge on any atom is -0.505 e. The molecule has 2 rings (SSSR count). The number of aromatic hydroxyl groups is 1. The molecule has 0 aromatic heterocycles. The average Bonchev–Trinajstić information content (AvgIpc) is 2.41. The van der Waals surface area contributed by atoms with Crippen molar-refractivity contribution in [3.05, 3.63) is 28.3 Å². The number of nitrogens with one attached hydrogen (secondary N) is 2. The van der Waals surface area contributed by atoms with Gasteiger partial charge in [-0.15, -0.1) is 0 Å². The normalized spacial score (nSPS) is 18.8. The molecule has 19 heavy (non-hydrogen) atoms. The minimum atomic E-state index is -0.667. The van der Waals surface area contributed by atoms with E-state index in [1.165, 1.54) is 18.2 Å². The van der Waals surface area contributed by atoms with E-state index in [0.29, 0.717) is 13.2 Å². The molecule has 1 unspecified atom stereocenters. The molecule has 8 nitrogen and oxygen atoms in total. The van der Waals surface area contributed by atoms with Crippen LogP contribution in [-0.4, -0.2) is 41.7 Å². The molecule has 8 heteroatoms. The van der Waals surface area contributed by atoms with Crippen molar-refractivity contribution in [2.24, 2.45) is 0 Å². The Morgan fingerprint density at radius 1 is 1.58 bits per heavy atom. The van der Waals surface area contributed by atoms with Crippen LogP contribution in [0, 0.1) is 10.1 Å². The van der Waals surface area contributed by atoms with E-state index in [4.69, 9.17) is 4.74 Å². The first-order valence-electron chi connectivity index (χ1n) is 5.68. The third-order valence-corrected chi connectivity index (χ3v) is 2.70. The molecule has 1 saturated heterocycles. The monoisotopic (exact) mass is 267 g/mol. The molecule has 0 saturated carbocycles. The Balaban J connectivity index is 2.18. The second-order valence-electron chi connectivity index (χ2n) is 4.00. The molecular weight excluding hydrogens is 254 g/mol. The number of hydrogen-bond donors (Lipinski definition) is 3. The summed E-state index contributed by atoms with van der Waals surface area (Å²) in [5.41, 5.74) is -0.560. The standard InChI is InChI=1S/C11H13N3O5/c15-9-3-1-2-8(14(17)18)10(9)13-11(16)7-6-19-5-4-12-7/h1-3,7,12,15H,4-6H2,(H,13,16). The van der Waals surface area contributed by atoms with Crippen LogP contribution in [-0.2, 0) is 9.53 Å². The van der Waals surface area contributed by atoms with Gasteiger partial charge in [0.1, 0.15) is 11.8 Å². The number of nitro groups is 1. The number of anilines is 1. The van der Waals surface area contributed by atoms with E-state index in [2.05, 4.69) is 10.6 Å². The maximum absolute atomic E-state index is 11.9. The molecule has 102 valence electrons. The van der Waals surface area contributed by atoms with E-state index in [0.717, 1.165) is 0 Å². The molecule has 1 aliphatic rings. The zero-order chi connectivity index (χ0) is 13.8. The van der Waals surface area contributed by atoms with E-state index in [-0.39, 0.29) is 23.7 Å². The molecule has 1 amide bonds. The number of morpholine rings is 1. The summed E-state index contributed by atoms with van der Waals surface area (Å²) in [5.74, 6) is -0.830. The van der Waals surface area contributed by atoms with Gasteiger partial charge >= 0.3 is 0 Å². The number of nitrogens with zero attached hydrogens (tertiary/aromatic N) is 1. The van der Waals surface area contributed by atoms with Gasteiger partial charge in [-0.25, -0.2) is 0 Å². The van der Waals surface area contributed by atoms with Gasteiger partial charge in [0.15, 0.2) is 5.69 Å². The summed E-state index contributed by atoms with van der Waals surface area (Å²) < 4.78 is 5.13. The first-order valence-corrected chi connectivity index (χ1v) is 5.68. The number of carbonyl (C=O) groups is 1. The van der Waals surface area contributed by atoms with Crippen LogP contribution in [0.15, 0.2) is 18.2 Å². The second kappa shape index (κ2) is 5.63. The number of hydrogen-bond acceptors (Lipinski definition) is 6. The van der Waals surface area contributed by atoms with Crippen LogP contribution in [0.1, 0.15) is 0 Å². The highest BCUT2D eigenvalue weighted by Crippen LogP contribution is 2.33. The average molecular weight is 267 g/mol. The number of rotatable bonds is 3. The lowest BCUT2D eigenvalue weighted by Gasteiger charge is -2.22. The zero-order valence-corrected chi connectivity index (χ0v) is 9.96. The van der Waals surface area contributed by atoms with Crippen LogP contribution in [0.25, 0.3) is 0 Å². The summed E-state index contributed by atoms with van der Waals surface area (Å²) in [6, 6.07) is 3.23. The number of benzene rings is 1. The van der Waals surface area contributed by atoms with Gasteiger partial charge in [0.2, 0.25) is 5.91 Å². The number of phenols is 1. The number of ether oxygens (including phenoxy) is 1. The van der Waals surface area contributed by atoms with Crippen LogP contribution < -0.4 is 10.6 Å². The summed E-state index contributed by atoms with van der Waals surface area (Å²) in [7, 11) is 0. The molecular formula is C11H13N3O5. The SMILES string of the molecule is O=C(Nc1c(O)cccc1[N+](=O)[O-])C1COCCN1. The predicted octanol–water partition coefficient (Wildman–Crippen LogP) is 0.227. The fourth-order valence-electron chi connectivity index (χ4n) is 1.75. The van der Waals surface area contributed by atoms with Crippen LogP contribution in [0.2, 0.25) is 0 Å². The maximum Gasteiger partial charge on any atom is 0.296 e. The quantitative estimate of drug-likeness (QED) is 0.410. The molecule has 0 radical (unpaired) electrons. The minimum absolute atomic E-state index is 0.188. The van der Waals surface area contributed by atoms with Gasteiger partial charge < -0.3 is 20.5 Å². The van der Waals surface area contributed by atoms with Crippen LogP contribution in [0.4, 0.5) is 11.4 Å². The van der Waals surface area contributed by atoms with Crippen molar-refractivity contribution in [1.82, 2.24) is 5.32 Å². The Kier molecular flexibility index (Phi) is 3.93. The summed E-state index contributed by atoms with van der Waals surface area (Å²) in [5, 5.41) is 25.7. The Bertz CT molecular complexity index is 499. The molecule has 1 aliphatic heterocycles. The molecule has 1 fully saturated rings. The topological polar surface area (TPSA) is 114 Å². The number of phenolic OH excluding ortho intramolecular Hbond substituents is 1. The Morgan fingerprint density at radius 3 is 3.00 bits per heavy atom. The first-order chi connectivity index (χ1) is 9.09. The fourth-order valence-corrected chi connectivity index (χ4v) is 1.75. The van der Waals surface area contributed by atoms with Crippen molar-refractivity contribution in [2.45, 2.75) is 6.04 Å². The predicted molar refractivity (Wildman–Crippen MR) is 66.0 cm³/mol. The first kappa shape index (κ1) is 13.2. The van der Waals surface area contributed by atoms with Crippen LogP contribution in [0.3, 0.4) is 0 Å². The van der Waals surface area contributed by atoms with E-state index >= 15 is 0 Å². The van der Waals surface area contributed by atoms with Gasteiger partial charge in [0, 0.05) is 12.6 Å². The Morgan fingerprint density at radius 2 is 2.37 bits per heavy atom. The Labute approximate surface area is 108 Å². The molecule has 1 aromatic rings. The number of carbonyl (C=O) groups excluding carboxylic acids is 1. The molecule has 3 N–H and O–H groups in total. The van der Waals surface area contributed by atoms with Crippen molar-refractivity contribution in [2.75, 3.05) is 25.1 Å². The summed E-state index contributed by atoms with van der Waals surface area (Å²) in [6.07, 6.45) is 0. The fraction of sp³-hybridized carbons (Fsp3) is 0.364. The lowest BCUT2D eigenvalue weighted by atomic mass is 10.2. The van der Waals surface area contributed by atoms with Gasteiger partial charge in [-0.3, -0.25) is 14.9 Å². The van der Waals surface area contributed by atoms with Crippen molar-refractivity contribution in [1.29, 1.82) is 0 Å². The van der Waals surface area contributed by atoms with E-state index in [9.17, 15) is 20.0 Å². The highest BCUT2D eigenvalue weighted by Gasteiger charge is 2.25. The molecule has 1 aromatic carbocycles. The van der Waals surface area contributed by atoms with Crippen molar-refractivity contribution >= 4 is 17.3 Å². The Hall–Kier alpha value is -2.19. The number of nitro benzene ring substituents is 1. The lowest BCUT2D eigenvalue weighted by molar-refractivity contribution is -0.384. The highest BCUT2D eigenvalue weighted by molar-refractivity contribution is 5.98. The summed E-state index contributed by atoms with van der Waals surface area (Å²) >= 11 is 0. The largest absolute Gasteiger partial charge is 0.505 e. The van der Waals surface area contributed by atoms with Crippen molar-refractivity contribution < 1.29 is 19.6 Å². The molecule has 0 aliphatic carbocycles. The third kappa shape index (κ3) is 2.98. The number of amides is 1. The summed E-state index contributed by atoms with van der Waals surface area (Å²) in [6.45, 7) is 1.23. The van der Waals surface area contributed by atoms with E-state index < -0.39 is 16.9 Å². The molecule has 0 bridgehead atoms. The number of para-hydroxylation sites is 1. The maximum atomic E-state index is 11.9. The van der Waals surface area contributed by atoms with Gasteiger partial charge in [0.05, 0.1) is 18.1 Å². The van der Waals surface area contributed by atoms with E-state index in [1.807, 2.05) is 0 Å². The highest BCUT2D eigenvalue weighted by atomic mass is 16.6. The summed E-state index contributed by atoms with van der Waals surface area (Å²) in [4.78, 5) is 22.1. The molecule has 1 heterocycles.